The van der Waals surface area contributed by atoms with Crippen LogP contribution in [-0.2, 0) is 0 Å². The minimum Gasteiger partial charge on any atom is -0.466 e. The molecule has 0 radical (unpaired) electrons. The Hall–Kier alpha value is -1.33. The fourth-order valence-electron chi connectivity index (χ4n) is 1.54. The van der Waals surface area contributed by atoms with Gasteiger partial charge in [0.1, 0.15) is 16.7 Å². The van der Waals surface area contributed by atoms with E-state index in [4.69, 9.17) is 16.0 Å². The van der Waals surface area contributed by atoms with Gasteiger partial charge in [-0.25, -0.2) is 4.98 Å². The first-order valence-electron chi connectivity index (χ1n) is 5.17. The van der Waals surface area contributed by atoms with Gasteiger partial charge in [-0.05, 0) is 41.9 Å². The van der Waals surface area contributed by atoms with Crippen molar-refractivity contribution in [3.05, 3.63) is 45.0 Å². The summed E-state index contributed by atoms with van der Waals surface area (Å²) in [5.74, 6) is 1.06. The first-order chi connectivity index (χ1) is 8.47. The summed E-state index contributed by atoms with van der Waals surface area (Å²) in [5, 5.41) is 3.08. The maximum atomic E-state index is 12.0. The third-order valence-electron chi connectivity index (χ3n) is 2.34. The molecule has 0 unspecified atom stereocenters. The number of anilines is 1. The zero-order valence-electron chi connectivity index (χ0n) is 9.75. The van der Waals surface area contributed by atoms with Crippen LogP contribution in [0.5, 0.6) is 0 Å². The van der Waals surface area contributed by atoms with Crippen LogP contribution >= 0.6 is 27.5 Å². The van der Waals surface area contributed by atoms with Crippen LogP contribution in [0.1, 0.15) is 21.9 Å². The van der Waals surface area contributed by atoms with E-state index in [1.807, 2.05) is 0 Å². The predicted molar refractivity (Wildman–Crippen MR) is 73.1 cm³/mol. The second-order valence-corrected chi connectivity index (χ2v) is 4.99. The van der Waals surface area contributed by atoms with E-state index < -0.39 is 0 Å². The second-order valence-electron chi connectivity index (χ2n) is 3.78. The molecule has 0 aliphatic carbocycles. The van der Waals surface area contributed by atoms with E-state index >= 15 is 0 Å². The van der Waals surface area contributed by atoms with Crippen molar-refractivity contribution in [1.82, 2.24) is 4.98 Å². The lowest BCUT2D eigenvalue weighted by Gasteiger charge is -2.04. The van der Waals surface area contributed by atoms with Crippen LogP contribution in [-0.4, -0.2) is 10.9 Å². The average Bonchev–Trinajstić information content (AvgIpc) is 2.63. The lowest BCUT2D eigenvalue weighted by atomic mass is 10.2. The molecule has 2 aromatic heterocycles. The number of carbonyl (C=O) groups is 1. The molecule has 2 heterocycles. The third kappa shape index (κ3) is 2.73. The van der Waals surface area contributed by atoms with Crippen LogP contribution in [0.25, 0.3) is 0 Å². The van der Waals surface area contributed by atoms with Crippen LogP contribution in [0.4, 0.5) is 5.69 Å². The molecule has 0 aliphatic rings. The zero-order valence-corrected chi connectivity index (χ0v) is 12.1. The normalized spacial score (nSPS) is 10.4. The van der Waals surface area contributed by atoms with Gasteiger partial charge in [-0.3, -0.25) is 4.79 Å². The fourth-order valence-corrected chi connectivity index (χ4v) is 2.00. The van der Waals surface area contributed by atoms with Gasteiger partial charge < -0.3 is 9.73 Å². The summed E-state index contributed by atoms with van der Waals surface area (Å²) < 4.78 is 5.94. The molecular weight excluding hydrogens is 320 g/mol. The van der Waals surface area contributed by atoms with Crippen molar-refractivity contribution < 1.29 is 9.21 Å². The summed E-state index contributed by atoms with van der Waals surface area (Å²) in [5.41, 5.74) is 1.08. The van der Waals surface area contributed by atoms with Crippen molar-refractivity contribution in [2.24, 2.45) is 0 Å². The van der Waals surface area contributed by atoms with E-state index in [1.165, 1.54) is 6.20 Å². The van der Waals surface area contributed by atoms with Gasteiger partial charge in [0, 0.05) is 0 Å². The number of halogens is 2. The molecule has 0 bridgehead atoms. The minimum atomic E-state index is -0.236. The molecule has 1 N–H and O–H groups in total. The molecular formula is C12H10BrClN2O2. The Kier molecular flexibility index (Phi) is 3.73. The Morgan fingerprint density at radius 1 is 1.44 bits per heavy atom. The van der Waals surface area contributed by atoms with Crippen LogP contribution in [0.15, 0.2) is 27.2 Å². The van der Waals surface area contributed by atoms with E-state index in [2.05, 4.69) is 26.2 Å². The second kappa shape index (κ2) is 5.12. The largest absolute Gasteiger partial charge is 0.466 e. The first-order valence-corrected chi connectivity index (χ1v) is 6.34. The lowest BCUT2D eigenvalue weighted by molar-refractivity contribution is 0.102. The van der Waals surface area contributed by atoms with Gasteiger partial charge in [0.05, 0.1) is 21.9 Å². The third-order valence-corrected chi connectivity index (χ3v) is 3.47. The number of rotatable bonds is 2. The first kappa shape index (κ1) is 13.1. The van der Waals surface area contributed by atoms with E-state index in [0.717, 1.165) is 0 Å². The van der Waals surface area contributed by atoms with Gasteiger partial charge in [0.2, 0.25) is 0 Å². The SMILES string of the molecule is Cc1cc(C(=O)Nc2cnc(Cl)c(Br)c2)c(C)o1. The Balaban J connectivity index is 2.21. The summed E-state index contributed by atoms with van der Waals surface area (Å²) in [6.45, 7) is 3.54. The molecule has 2 rings (SSSR count). The molecule has 0 spiro atoms. The van der Waals surface area contributed by atoms with Crippen molar-refractivity contribution in [3.63, 3.8) is 0 Å². The summed E-state index contributed by atoms with van der Waals surface area (Å²) in [6, 6.07) is 3.39. The number of pyridine rings is 1. The highest BCUT2D eigenvalue weighted by molar-refractivity contribution is 9.10. The Labute approximate surface area is 117 Å². The Bertz CT molecular complexity index is 610. The number of aromatic nitrogens is 1. The molecule has 18 heavy (non-hydrogen) atoms. The highest BCUT2D eigenvalue weighted by Crippen LogP contribution is 2.23. The quantitative estimate of drug-likeness (QED) is 0.849. The molecule has 1 amide bonds. The van der Waals surface area contributed by atoms with E-state index in [0.29, 0.717) is 32.4 Å². The number of amides is 1. The number of hydrogen-bond acceptors (Lipinski definition) is 3. The molecule has 0 atom stereocenters. The van der Waals surface area contributed by atoms with E-state index in [-0.39, 0.29) is 5.91 Å². The molecule has 6 heteroatoms. The maximum absolute atomic E-state index is 12.0. The predicted octanol–water partition coefficient (Wildman–Crippen LogP) is 3.96. The van der Waals surface area contributed by atoms with E-state index in [1.54, 1.807) is 26.0 Å². The number of aryl methyl sites for hydroxylation is 2. The summed E-state index contributed by atoms with van der Waals surface area (Å²) in [6.07, 6.45) is 1.49. The monoisotopic (exact) mass is 328 g/mol. The van der Waals surface area contributed by atoms with Crippen LogP contribution in [0.2, 0.25) is 5.15 Å². The van der Waals surface area contributed by atoms with Gasteiger partial charge in [-0.15, -0.1) is 0 Å². The van der Waals surface area contributed by atoms with Crippen molar-refractivity contribution >= 4 is 39.1 Å². The molecule has 2 aromatic rings. The van der Waals surface area contributed by atoms with Gasteiger partial charge in [-0.2, -0.15) is 0 Å². The number of nitrogens with zero attached hydrogens (tertiary/aromatic N) is 1. The molecule has 0 fully saturated rings. The summed E-state index contributed by atoms with van der Waals surface area (Å²) in [7, 11) is 0. The molecule has 0 aliphatic heterocycles. The lowest BCUT2D eigenvalue weighted by Crippen LogP contribution is -2.12. The van der Waals surface area contributed by atoms with Gasteiger partial charge in [0.25, 0.3) is 5.91 Å². The fraction of sp³-hybridized carbons (Fsp3) is 0.167. The van der Waals surface area contributed by atoms with Crippen LogP contribution in [0, 0.1) is 13.8 Å². The molecule has 4 nitrogen and oxygen atoms in total. The molecule has 94 valence electrons. The maximum Gasteiger partial charge on any atom is 0.259 e. The van der Waals surface area contributed by atoms with Crippen molar-refractivity contribution in [1.29, 1.82) is 0 Å². The van der Waals surface area contributed by atoms with Gasteiger partial charge >= 0.3 is 0 Å². The molecule has 0 aromatic carbocycles. The number of hydrogen-bond donors (Lipinski definition) is 1. The number of nitrogens with one attached hydrogen (secondary N) is 1. The highest BCUT2D eigenvalue weighted by Gasteiger charge is 2.14. The molecule has 0 saturated carbocycles. The standard InChI is InChI=1S/C12H10BrClN2O2/c1-6-3-9(7(2)18-6)12(17)16-8-4-10(13)11(14)15-5-8/h3-5H,1-2H3,(H,16,17). The van der Waals surface area contributed by atoms with Crippen molar-refractivity contribution in [2.45, 2.75) is 13.8 Å². The van der Waals surface area contributed by atoms with Crippen LogP contribution < -0.4 is 5.32 Å². The Morgan fingerprint density at radius 2 is 2.17 bits per heavy atom. The average molecular weight is 330 g/mol. The van der Waals surface area contributed by atoms with Crippen molar-refractivity contribution in [3.8, 4) is 0 Å². The number of furan rings is 1. The van der Waals surface area contributed by atoms with Crippen LogP contribution in [0.3, 0.4) is 0 Å². The topological polar surface area (TPSA) is 55.1 Å². The summed E-state index contributed by atoms with van der Waals surface area (Å²) >= 11 is 9.02. The minimum absolute atomic E-state index is 0.236. The van der Waals surface area contributed by atoms with E-state index in [9.17, 15) is 4.79 Å². The highest BCUT2D eigenvalue weighted by atomic mass is 79.9. The van der Waals surface area contributed by atoms with Crippen molar-refractivity contribution in [2.75, 3.05) is 5.32 Å². The summed E-state index contributed by atoms with van der Waals surface area (Å²) in [4.78, 5) is 15.9. The number of carbonyl (C=O) groups excluding carboxylic acids is 1. The van der Waals surface area contributed by atoms with Gasteiger partial charge in [0.15, 0.2) is 0 Å². The Morgan fingerprint density at radius 3 is 2.72 bits per heavy atom. The zero-order chi connectivity index (χ0) is 13.3. The smallest absolute Gasteiger partial charge is 0.259 e. The van der Waals surface area contributed by atoms with Gasteiger partial charge in [-0.1, -0.05) is 11.6 Å². The molecule has 0 saturated heterocycles.